The molecule has 1 rings (SSSR count). The molecule has 1 aromatic rings. The molecule has 104 valence electrons. The third-order valence-corrected chi connectivity index (χ3v) is 2.57. The second-order valence-corrected chi connectivity index (χ2v) is 3.91. The van der Waals surface area contributed by atoms with Gasteiger partial charge < -0.3 is 15.2 Å². The Hall–Kier alpha value is -2.04. The Balaban J connectivity index is 2.85. The molecule has 0 bridgehead atoms. The molecule has 0 saturated heterocycles. The summed E-state index contributed by atoms with van der Waals surface area (Å²) < 4.78 is 9.82. The average molecular weight is 265 g/mol. The number of carbonyl (C=O) groups excluding carboxylic acids is 2. The van der Waals surface area contributed by atoms with Crippen LogP contribution >= 0.6 is 0 Å². The summed E-state index contributed by atoms with van der Waals surface area (Å²) in [5.41, 5.74) is 7.20. The number of hydrogen-bond acceptors (Lipinski definition) is 5. The molecule has 0 spiro atoms. The van der Waals surface area contributed by atoms with Crippen LogP contribution in [0.2, 0.25) is 0 Å². The van der Waals surface area contributed by atoms with E-state index in [2.05, 4.69) is 0 Å². The number of carbonyl (C=O) groups is 2. The first-order chi connectivity index (χ1) is 9.10. The molecule has 0 radical (unpaired) electrons. The van der Waals surface area contributed by atoms with Crippen LogP contribution in [-0.2, 0) is 20.7 Å². The predicted octanol–water partition coefficient (Wildman–Crippen LogP) is 1.94. The van der Waals surface area contributed by atoms with Gasteiger partial charge in [0.25, 0.3) is 0 Å². The summed E-state index contributed by atoms with van der Waals surface area (Å²) in [5, 5.41) is 0. The first-order valence-electron chi connectivity index (χ1n) is 6.30. The number of nitrogens with two attached hydrogens (primary N) is 1. The summed E-state index contributed by atoms with van der Waals surface area (Å²) in [6.45, 7) is 4.11. The lowest BCUT2D eigenvalue weighted by Crippen LogP contribution is -2.13. The van der Waals surface area contributed by atoms with Crippen molar-refractivity contribution in [3.8, 4) is 0 Å². The maximum absolute atomic E-state index is 11.8. The maximum Gasteiger partial charge on any atom is 0.340 e. The van der Waals surface area contributed by atoms with E-state index in [-0.39, 0.29) is 19.0 Å². The smallest absolute Gasteiger partial charge is 0.340 e. The zero-order valence-electron chi connectivity index (χ0n) is 11.3. The zero-order chi connectivity index (χ0) is 14.3. The van der Waals surface area contributed by atoms with Crippen molar-refractivity contribution in [1.29, 1.82) is 0 Å². The minimum Gasteiger partial charge on any atom is -0.466 e. The Labute approximate surface area is 112 Å². The largest absolute Gasteiger partial charge is 0.466 e. The molecule has 0 fully saturated rings. The topological polar surface area (TPSA) is 78.6 Å². The third kappa shape index (κ3) is 4.28. The molecule has 0 saturated carbocycles. The van der Waals surface area contributed by atoms with Crippen molar-refractivity contribution in [2.45, 2.75) is 26.7 Å². The van der Waals surface area contributed by atoms with E-state index in [1.165, 1.54) is 0 Å². The van der Waals surface area contributed by atoms with Crippen LogP contribution in [0.3, 0.4) is 0 Å². The van der Waals surface area contributed by atoms with Crippen LogP contribution in [0.5, 0.6) is 0 Å². The van der Waals surface area contributed by atoms with Gasteiger partial charge in [0.05, 0.1) is 18.8 Å². The van der Waals surface area contributed by atoms with Crippen LogP contribution in [0, 0.1) is 0 Å². The fourth-order valence-electron chi connectivity index (χ4n) is 1.75. The molecule has 0 aliphatic rings. The first kappa shape index (κ1) is 15.0. The van der Waals surface area contributed by atoms with Crippen LogP contribution in [0.25, 0.3) is 0 Å². The van der Waals surface area contributed by atoms with E-state index in [9.17, 15) is 9.59 Å². The second kappa shape index (κ2) is 7.41. The molecule has 0 heterocycles. The summed E-state index contributed by atoms with van der Waals surface area (Å²) in [7, 11) is 0. The number of anilines is 1. The maximum atomic E-state index is 11.8. The standard InChI is InChI=1S/C14H19NO4/c1-3-18-12(16)9-8-10-6-5-7-11(15)13(10)14(17)19-4-2/h5-7H,3-4,8-9,15H2,1-2H3. The average Bonchev–Trinajstić information content (AvgIpc) is 2.37. The van der Waals surface area contributed by atoms with Gasteiger partial charge in [-0.05, 0) is 31.9 Å². The molecule has 2 N–H and O–H groups in total. The molecule has 5 heteroatoms. The van der Waals surface area contributed by atoms with Crippen LogP contribution in [-0.4, -0.2) is 25.2 Å². The predicted molar refractivity (Wildman–Crippen MR) is 71.8 cm³/mol. The van der Waals surface area contributed by atoms with Gasteiger partial charge in [0.15, 0.2) is 0 Å². The lowest BCUT2D eigenvalue weighted by molar-refractivity contribution is -0.143. The van der Waals surface area contributed by atoms with E-state index in [1.54, 1.807) is 32.0 Å². The Morgan fingerprint density at radius 1 is 1.16 bits per heavy atom. The molecule has 1 aromatic carbocycles. The number of benzene rings is 1. The van der Waals surface area contributed by atoms with Gasteiger partial charge in [-0.3, -0.25) is 4.79 Å². The van der Waals surface area contributed by atoms with Gasteiger partial charge in [0, 0.05) is 12.1 Å². The number of aryl methyl sites for hydroxylation is 1. The van der Waals surface area contributed by atoms with Crippen molar-refractivity contribution in [2.24, 2.45) is 0 Å². The highest BCUT2D eigenvalue weighted by molar-refractivity contribution is 5.96. The fourth-order valence-corrected chi connectivity index (χ4v) is 1.75. The van der Waals surface area contributed by atoms with E-state index in [4.69, 9.17) is 15.2 Å². The molecule has 0 atom stereocenters. The molecule has 0 amide bonds. The number of rotatable bonds is 6. The highest BCUT2D eigenvalue weighted by Gasteiger charge is 2.16. The number of nitrogen functional groups attached to an aromatic ring is 1. The fraction of sp³-hybridized carbons (Fsp3) is 0.429. The van der Waals surface area contributed by atoms with Crippen LogP contribution in [0.1, 0.15) is 36.2 Å². The number of hydrogen-bond donors (Lipinski definition) is 1. The zero-order valence-corrected chi connectivity index (χ0v) is 11.3. The van der Waals surface area contributed by atoms with E-state index in [0.29, 0.717) is 29.8 Å². The normalized spacial score (nSPS) is 10.0. The monoisotopic (exact) mass is 265 g/mol. The Bertz CT molecular complexity index is 457. The summed E-state index contributed by atoms with van der Waals surface area (Å²) >= 11 is 0. The van der Waals surface area contributed by atoms with Gasteiger partial charge in [0.1, 0.15) is 0 Å². The molecule has 0 aromatic heterocycles. The molecule has 0 aliphatic heterocycles. The molecular formula is C14H19NO4. The van der Waals surface area contributed by atoms with Gasteiger partial charge in [0.2, 0.25) is 0 Å². The quantitative estimate of drug-likeness (QED) is 0.628. The Morgan fingerprint density at radius 3 is 2.47 bits per heavy atom. The van der Waals surface area contributed by atoms with Gasteiger partial charge in [-0.15, -0.1) is 0 Å². The highest BCUT2D eigenvalue weighted by atomic mass is 16.5. The first-order valence-corrected chi connectivity index (χ1v) is 6.30. The third-order valence-electron chi connectivity index (χ3n) is 2.57. The SMILES string of the molecule is CCOC(=O)CCc1cccc(N)c1C(=O)OCC. The number of esters is 2. The van der Waals surface area contributed by atoms with Crippen LogP contribution < -0.4 is 5.73 Å². The van der Waals surface area contributed by atoms with Crippen molar-refractivity contribution < 1.29 is 19.1 Å². The van der Waals surface area contributed by atoms with E-state index in [1.807, 2.05) is 0 Å². The summed E-state index contributed by atoms with van der Waals surface area (Å²) in [4.78, 5) is 23.2. The second-order valence-electron chi connectivity index (χ2n) is 3.91. The van der Waals surface area contributed by atoms with Gasteiger partial charge in [-0.25, -0.2) is 4.79 Å². The molecule has 5 nitrogen and oxygen atoms in total. The van der Waals surface area contributed by atoms with Gasteiger partial charge in [-0.1, -0.05) is 12.1 Å². The Morgan fingerprint density at radius 2 is 1.84 bits per heavy atom. The minimum absolute atomic E-state index is 0.212. The Kier molecular flexibility index (Phi) is 5.85. The summed E-state index contributed by atoms with van der Waals surface area (Å²) in [5.74, 6) is -0.751. The van der Waals surface area contributed by atoms with Gasteiger partial charge >= 0.3 is 11.9 Å². The number of ether oxygens (including phenoxy) is 2. The van der Waals surface area contributed by atoms with Crippen molar-refractivity contribution in [1.82, 2.24) is 0 Å². The summed E-state index contributed by atoms with van der Waals surface area (Å²) in [6.07, 6.45) is 0.613. The van der Waals surface area contributed by atoms with E-state index >= 15 is 0 Å². The van der Waals surface area contributed by atoms with Crippen molar-refractivity contribution in [3.63, 3.8) is 0 Å². The lowest BCUT2D eigenvalue weighted by atomic mass is 10.0. The molecule has 19 heavy (non-hydrogen) atoms. The van der Waals surface area contributed by atoms with Gasteiger partial charge in [-0.2, -0.15) is 0 Å². The van der Waals surface area contributed by atoms with Crippen molar-refractivity contribution in [3.05, 3.63) is 29.3 Å². The summed E-state index contributed by atoms with van der Waals surface area (Å²) in [6, 6.07) is 5.15. The van der Waals surface area contributed by atoms with Crippen molar-refractivity contribution in [2.75, 3.05) is 18.9 Å². The minimum atomic E-state index is -0.459. The van der Waals surface area contributed by atoms with Crippen LogP contribution in [0.4, 0.5) is 5.69 Å². The molecular weight excluding hydrogens is 246 g/mol. The van der Waals surface area contributed by atoms with E-state index in [0.717, 1.165) is 0 Å². The molecule has 0 aliphatic carbocycles. The van der Waals surface area contributed by atoms with Crippen LogP contribution in [0.15, 0.2) is 18.2 Å². The molecule has 0 unspecified atom stereocenters. The van der Waals surface area contributed by atoms with E-state index < -0.39 is 5.97 Å². The lowest BCUT2D eigenvalue weighted by Gasteiger charge is -2.11. The van der Waals surface area contributed by atoms with Crippen molar-refractivity contribution >= 4 is 17.6 Å². The highest BCUT2D eigenvalue weighted by Crippen LogP contribution is 2.20.